The van der Waals surface area contributed by atoms with Gasteiger partial charge in [0, 0.05) is 24.8 Å². The number of benzene rings is 1. The third-order valence-corrected chi connectivity index (χ3v) is 3.90. The molecule has 1 aromatic carbocycles. The van der Waals surface area contributed by atoms with Gasteiger partial charge in [0.15, 0.2) is 11.4 Å². The molecule has 0 bridgehead atoms. The number of nitro benzene ring substituents is 1. The summed E-state index contributed by atoms with van der Waals surface area (Å²) in [6, 6.07) is 7.47. The lowest BCUT2D eigenvalue weighted by Crippen LogP contribution is -2.22. The zero-order valence-corrected chi connectivity index (χ0v) is 14.5. The quantitative estimate of drug-likeness (QED) is 0.330. The summed E-state index contributed by atoms with van der Waals surface area (Å²) in [4.78, 5) is 23.1. The van der Waals surface area contributed by atoms with Crippen LogP contribution in [0.4, 0.5) is 17.1 Å². The molecule has 0 aliphatic rings. The number of pyridine rings is 1. The molecule has 27 heavy (non-hydrogen) atoms. The van der Waals surface area contributed by atoms with Gasteiger partial charge in [-0.2, -0.15) is 5.26 Å². The third kappa shape index (κ3) is 4.16. The van der Waals surface area contributed by atoms with Crippen molar-refractivity contribution in [1.82, 2.24) is 4.57 Å². The van der Waals surface area contributed by atoms with Gasteiger partial charge in [-0.25, -0.2) is 0 Å². The lowest BCUT2D eigenvalue weighted by Gasteiger charge is -2.12. The topological polar surface area (TPSA) is 154 Å². The molecule has 0 aliphatic heterocycles. The van der Waals surface area contributed by atoms with E-state index in [1.807, 2.05) is 6.07 Å². The number of nitriles is 1. The molecule has 0 aliphatic carbocycles. The highest BCUT2D eigenvalue weighted by Gasteiger charge is 2.19. The fraction of sp³-hybridized carbons (Fsp3) is 0.294. The number of rotatable bonds is 7. The maximum atomic E-state index is 12.7. The van der Waals surface area contributed by atoms with Crippen LogP contribution >= 0.6 is 0 Å². The predicted octanol–water partition coefficient (Wildman–Crippen LogP) is 2.83. The molecule has 0 atom stereocenters. The Morgan fingerprint density at radius 2 is 2.00 bits per heavy atom. The molecule has 0 saturated carbocycles. The Kier molecular flexibility index (Phi) is 6.35. The highest BCUT2D eigenvalue weighted by molar-refractivity contribution is 5.59. The van der Waals surface area contributed by atoms with Crippen LogP contribution in [0.2, 0.25) is 0 Å². The minimum atomic E-state index is -0.677. The lowest BCUT2D eigenvalue weighted by molar-refractivity contribution is -0.384. The number of azo groups is 1. The average molecular weight is 371 g/mol. The number of aromatic hydroxyl groups is 1. The van der Waals surface area contributed by atoms with Crippen molar-refractivity contribution < 1.29 is 15.1 Å². The van der Waals surface area contributed by atoms with E-state index in [-0.39, 0.29) is 41.3 Å². The number of hydrogen-bond donors (Lipinski definition) is 2. The SMILES string of the molecule is Cc1c(C#N)c(O)n(CCCCO)c(=O)c1N=Nc1ccccc1[N+](=O)[O-]. The molecule has 0 spiro atoms. The van der Waals surface area contributed by atoms with Crippen molar-refractivity contribution in [2.24, 2.45) is 10.2 Å². The Balaban J connectivity index is 2.57. The summed E-state index contributed by atoms with van der Waals surface area (Å²) in [5.74, 6) is -0.484. The van der Waals surface area contributed by atoms with Crippen molar-refractivity contribution >= 4 is 17.1 Å². The summed E-state index contributed by atoms with van der Waals surface area (Å²) >= 11 is 0. The fourth-order valence-corrected chi connectivity index (χ4v) is 2.45. The van der Waals surface area contributed by atoms with Crippen LogP contribution < -0.4 is 5.56 Å². The van der Waals surface area contributed by atoms with Gasteiger partial charge in [-0.15, -0.1) is 10.2 Å². The summed E-state index contributed by atoms with van der Waals surface area (Å²) in [7, 11) is 0. The molecule has 0 amide bonds. The number of unbranched alkanes of at least 4 members (excludes halogenated alkanes) is 1. The largest absolute Gasteiger partial charge is 0.493 e. The zero-order chi connectivity index (χ0) is 20.0. The van der Waals surface area contributed by atoms with Crippen LogP contribution in [0.25, 0.3) is 0 Å². The van der Waals surface area contributed by atoms with E-state index < -0.39 is 16.4 Å². The van der Waals surface area contributed by atoms with Crippen molar-refractivity contribution in [3.8, 4) is 11.9 Å². The second-order valence-corrected chi connectivity index (χ2v) is 5.62. The standard InChI is InChI=1S/C17H17N5O5/c1-11-12(10-18)16(24)21(8-4-5-9-23)17(25)15(11)20-19-13-6-2-3-7-14(13)22(26)27/h2-3,6-7,23-24H,4-5,8-9H2,1H3. The molecule has 0 unspecified atom stereocenters. The molecule has 1 heterocycles. The molecular formula is C17H17N5O5. The predicted molar refractivity (Wildman–Crippen MR) is 95.4 cm³/mol. The van der Waals surface area contributed by atoms with Gasteiger partial charge in [0.1, 0.15) is 11.6 Å². The van der Waals surface area contributed by atoms with E-state index in [0.717, 1.165) is 4.57 Å². The van der Waals surface area contributed by atoms with Gasteiger partial charge in [0.05, 0.1) is 4.92 Å². The van der Waals surface area contributed by atoms with E-state index in [1.165, 1.54) is 25.1 Å². The minimum absolute atomic E-state index is 0.0419. The molecule has 2 aromatic rings. The van der Waals surface area contributed by atoms with Crippen molar-refractivity contribution in [3.05, 3.63) is 55.9 Å². The zero-order valence-electron chi connectivity index (χ0n) is 14.5. The van der Waals surface area contributed by atoms with Crippen LogP contribution in [-0.2, 0) is 6.54 Å². The van der Waals surface area contributed by atoms with E-state index in [2.05, 4.69) is 10.2 Å². The molecule has 0 radical (unpaired) electrons. The van der Waals surface area contributed by atoms with Crippen molar-refractivity contribution in [2.45, 2.75) is 26.3 Å². The fourth-order valence-electron chi connectivity index (χ4n) is 2.45. The Hall–Kier alpha value is -3.58. The van der Waals surface area contributed by atoms with Gasteiger partial charge in [-0.1, -0.05) is 12.1 Å². The van der Waals surface area contributed by atoms with Gasteiger partial charge in [0.2, 0.25) is 5.88 Å². The number of aliphatic hydroxyl groups is 1. The first-order valence-electron chi connectivity index (χ1n) is 8.04. The van der Waals surface area contributed by atoms with Crippen LogP contribution in [0.3, 0.4) is 0 Å². The van der Waals surface area contributed by atoms with E-state index >= 15 is 0 Å². The Morgan fingerprint density at radius 3 is 2.63 bits per heavy atom. The first kappa shape index (κ1) is 19.7. The maximum Gasteiger partial charge on any atom is 0.296 e. The third-order valence-electron chi connectivity index (χ3n) is 3.90. The average Bonchev–Trinajstić information content (AvgIpc) is 2.65. The summed E-state index contributed by atoms with van der Waals surface area (Å²) in [5.41, 5.74) is -1.19. The smallest absolute Gasteiger partial charge is 0.296 e. The van der Waals surface area contributed by atoms with Gasteiger partial charge < -0.3 is 10.2 Å². The monoisotopic (exact) mass is 371 g/mol. The van der Waals surface area contributed by atoms with Crippen molar-refractivity contribution in [3.63, 3.8) is 0 Å². The second kappa shape index (κ2) is 8.68. The van der Waals surface area contributed by atoms with E-state index in [0.29, 0.717) is 12.8 Å². The molecule has 0 fully saturated rings. The number of aliphatic hydroxyl groups excluding tert-OH is 1. The Labute approximate surface area is 153 Å². The second-order valence-electron chi connectivity index (χ2n) is 5.62. The molecule has 2 N–H and O–H groups in total. The molecule has 140 valence electrons. The molecule has 0 saturated heterocycles. The molecule has 2 rings (SSSR count). The molecular weight excluding hydrogens is 354 g/mol. The lowest BCUT2D eigenvalue weighted by atomic mass is 10.1. The Bertz CT molecular complexity index is 990. The van der Waals surface area contributed by atoms with Crippen LogP contribution in [-0.4, -0.2) is 26.3 Å². The summed E-state index contributed by atoms with van der Waals surface area (Å²) < 4.78 is 0.981. The van der Waals surface area contributed by atoms with E-state index in [1.54, 1.807) is 6.07 Å². The first-order valence-corrected chi connectivity index (χ1v) is 8.04. The number of nitro groups is 1. The summed E-state index contributed by atoms with van der Waals surface area (Å²) in [6.45, 7) is 1.44. The first-order chi connectivity index (χ1) is 12.9. The highest BCUT2D eigenvalue weighted by atomic mass is 16.6. The van der Waals surface area contributed by atoms with E-state index in [4.69, 9.17) is 5.11 Å². The van der Waals surface area contributed by atoms with Crippen molar-refractivity contribution in [1.29, 1.82) is 5.26 Å². The van der Waals surface area contributed by atoms with Crippen molar-refractivity contribution in [2.75, 3.05) is 6.61 Å². The van der Waals surface area contributed by atoms with Crippen LogP contribution in [0.5, 0.6) is 5.88 Å². The molecule has 10 heteroatoms. The number of hydrogen-bond acceptors (Lipinski definition) is 8. The van der Waals surface area contributed by atoms with Crippen LogP contribution in [0.1, 0.15) is 24.0 Å². The number of para-hydroxylation sites is 1. The van der Waals surface area contributed by atoms with Crippen LogP contribution in [0, 0.1) is 28.4 Å². The van der Waals surface area contributed by atoms with Gasteiger partial charge in [0.25, 0.3) is 11.2 Å². The van der Waals surface area contributed by atoms with Crippen LogP contribution in [0.15, 0.2) is 39.3 Å². The van der Waals surface area contributed by atoms with Gasteiger partial charge in [-0.3, -0.25) is 19.5 Å². The Morgan fingerprint density at radius 1 is 1.30 bits per heavy atom. The number of aromatic nitrogens is 1. The van der Waals surface area contributed by atoms with Gasteiger partial charge >= 0.3 is 0 Å². The van der Waals surface area contributed by atoms with E-state index in [9.17, 15) is 25.3 Å². The maximum absolute atomic E-state index is 12.7. The molecule has 10 nitrogen and oxygen atoms in total. The minimum Gasteiger partial charge on any atom is -0.493 e. The summed E-state index contributed by atoms with van der Waals surface area (Å²) in [5, 5.41) is 47.0. The normalized spacial score (nSPS) is 10.9. The summed E-state index contributed by atoms with van der Waals surface area (Å²) in [6.07, 6.45) is 0.813. The van der Waals surface area contributed by atoms with Gasteiger partial charge in [-0.05, 0) is 25.8 Å². The number of nitrogens with zero attached hydrogens (tertiary/aromatic N) is 5. The highest BCUT2D eigenvalue weighted by Crippen LogP contribution is 2.30. The molecule has 1 aromatic heterocycles.